The summed E-state index contributed by atoms with van der Waals surface area (Å²) in [4.78, 5) is 0. The minimum Gasteiger partial charge on any atom is -0.0905 e. The first-order chi connectivity index (χ1) is 13.2. The van der Waals surface area contributed by atoms with Crippen LogP contribution in [0.4, 0.5) is 0 Å². The number of rotatable bonds is 4. The third-order valence-corrected chi connectivity index (χ3v) is 5.19. The SMILES string of the molecule is C=C(c1cc(C2=CCCC=C2)cc(-c2ccccc2)c1)c1ccccc1C. The quantitative estimate of drug-likeness (QED) is 0.459. The molecule has 3 aromatic carbocycles. The van der Waals surface area contributed by atoms with Gasteiger partial charge in [-0.15, -0.1) is 0 Å². The molecule has 0 amide bonds. The van der Waals surface area contributed by atoms with Crippen molar-refractivity contribution in [3.8, 4) is 11.1 Å². The second kappa shape index (κ2) is 7.63. The molecular weight excluding hydrogens is 324 g/mol. The predicted molar refractivity (Wildman–Crippen MR) is 118 cm³/mol. The first kappa shape index (κ1) is 17.3. The van der Waals surface area contributed by atoms with Crippen molar-refractivity contribution in [3.05, 3.63) is 120 Å². The maximum absolute atomic E-state index is 4.44. The van der Waals surface area contributed by atoms with E-state index in [0.717, 1.165) is 18.4 Å². The van der Waals surface area contributed by atoms with Gasteiger partial charge in [0.15, 0.2) is 0 Å². The van der Waals surface area contributed by atoms with Gasteiger partial charge < -0.3 is 0 Å². The second-order valence-corrected chi connectivity index (χ2v) is 7.10. The molecule has 0 heterocycles. The van der Waals surface area contributed by atoms with Gasteiger partial charge in [-0.25, -0.2) is 0 Å². The molecule has 0 spiro atoms. The zero-order valence-corrected chi connectivity index (χ0v) is 15.8. The number of hydrogen-bond donors (Lipinski definition) is 0. The summed E-state index contributed by atoms with van der Waals surface area (Å²) in [5.74, 6) is 0. The van der Waals surface area contributed by atoms with Crippen LogP contribution >= 0.6 is 0 Å². The van der Waals surface area contributed by atoms with Crippen LogP contribution in [0, 0.1) is 6.92 Å². The van der Waals surface area contributed by atoms with Gasteiger partial charge in [-0.3, -0.25) is 0 Å². The Morgan fingerprint density at radius 3 is 2.26 bits per heavy atom. The Kier molecular flexibility index (Phi) is 4.89. The van der Waals surface area contributed by atoms with Crippen LogP contribution in [0.5, 0.6) is 0 Å². The number of aryl methyl sites for hydroxylation is 1. The van der Waals surface area contributed by atoms with Gasteiger partial charge in [0.05, 0.1) is 0 Å². The fraction of sp³-hybridized carbons (Fsp3) is 0.111. The van der Waals surface area contributed by atoms with E-state index >= 15 is 0 Å². The van der Waals surface area contributed by atoms with Crippen molar-refractivity contribution >= 4 is 11.1 Å². The average molecular weight is 348 g/mol. The molecule has 0 heteroatoms. The van der Waals surface area contributed by atoms with Crippen LogP contribution in [0.3, 0.4) is 0 Å². The molecule has 1 aliphatic rings. The third kappa shape index (κ3) is 3.71. The molecule has 0 bridgehead atoms. The largest absolute Gasteiger partial charge is 0.0905 e. The van der Waals surface area contributed by atoms with E-state index in [9.17, 15) is 0 Å². The van der Waals surface area contributed by atoms with Crippen LogP contribution < -0.4 is 0 Å². The van der Waals surface area contributed by atoms with Gasteiger partial charge in [-0.1, -0.05) is 79.4 Å². The van der Waals surface area contributed by atoms with Crippen molar-refractivity contribution in [2.45, 2.75) is 19.8 Å². The minimum absolute atomic E-state index is 1.08. The smallest absolute Gasteiger partial charge is 0.0155 e. The Hall–Kier alpha value is -3.12. The number of hydrogen-bond acceptors (Lipinski definition) is 0. The zero-order chi connectivity index (χ0) is 18.6. The lowest BCUT2D eigenvalue weighted by molar-refractivity contribution is 1.04. The maximum atomic E-state index is 4.44. The molecule has 0 unspecified atom stereocenters. The third-order valence-electron chi connectivity index (χ3n) is 5.19. The van der Waals surface area contributed by atoms with Gasteiger partial charge in [0, 0.05) is 0 Å². The Bertz CT molecular complexity index is 1030. The zero-order valence-electron chi connectivity index (χ0n) is 15.8. The molecule has 1 aliphatic carbocycles. The van der Waals surface area contributed by atoms with Crippen LogP contribution in [0.25, 0.3) is 22.3 Å². The summed E-state index contributed by atoms with van der Waals surface area (Å²) in [6, 6.07) is 25.9. The predicted octanol–water partition coefficient (Wildman–Crippen LogP) is 7.46. The monoisotopic (exact) mass is 348 g/mol. The normalized spacial score (nSPS) is 13.3. The maximum Gasteiger partial charge on any atom is -0.0155 e. The van der Waals surface area contributed by atoms with Gasteiger partial charge in [0.2, 0.25) is 0 Å². The van der Waals surface area contributed by atoms with Gasteiger partial charge in [-0.2, -0.15) is 0 Å². The molecule has 0 atom stereocenters. The molecule has 27 heavy (non-hydrogen) atoms. The Morgan fingerprint density at radius 1 is 0.778 bits per heavy atom. The molecule has 3 aromatic rings. The van der Waals surface area contributed by atoms with E-state index in [1.54, 1.807) is 0 Å². The van der Waals surface area contributed by atoms with E-state index in [2.05, 4.69) is 105 Å². The molecule has 0 nitrogen and oxygen atoms in total. The Labute approximate surface area is 162 Å². The highest BCUT2D eigenvalue weighted by atomic mass is 14.2. The minimum atomic E-state index is 1.08. The van der Waals surface area contributed by atoms with E-state index in [4.69, 9.17) is 0 Å². The van der Waals surface area contributed by atoms with E-state index < -0.39 is 0 Å². The summed E-state index contributed by atoms with van der Waals surface area (Å²) < 4.78 is 0. The van der Waals surface area contributed by atoms with E-state index in [1.807, 2.05) is 0 Å². The van der Waals surface area contributed by atoms with Crippen molar-refractivity contribution in [1.82, 2.24) is 0 Å². The highest BCUT2D eigenvalue weighted by Crippen LogP contribution is 2.33. The number of benzene rings is 3. The lowest BCUT2D eigenvalue weighted by Gasteiger charge is -2.15. The van der Waals surface area contributed by atoms with Crippen molar-refractivity contribution in [3.63, 3.8) is 0 Å². The Morgan fingerprint density at radius 2 is 1.52 bits per heavy atom. The van der Waals surface area contributed by atoms with Gasteiger partial charge >= 0.3 is 0 Å². The first-order valence-corrected chi connectivity index (χ1v) is 9.55. The standard InChI is InChI=1S/C27H24/c1-20-11-9-10-16-27(20)21(2)24-17-25(22-12-5-3-6-13-22)19-26(18-24)23-14-7-4-8-15-23/h3,5-7,9-19H,2,4,8H2,1H3. The lowest BCUT2D eigenvalue weighted by atomic mass is 9.89. The topological polar surface area (TPSA) is 0 Å². The summed E-state index contributed by atoms with van der Waals surface area (Å²) in [5.41, 5.74) is 9.76. The van der Waals surface area contributed by atoms with Crippen LogP contribution in [0.1, 0.15) is 35.1 Å². The van der Waals surface area contributed by atoms with Crippen LogP contribution in [0.2, 0.25) is 0 Å². The summed E-state index contributed by atoms with van der Waals surface area (Å²) in [5, 5.41) is 0. The van der Waals surface area contributed by atoms with E-state index in [0.29, 0.717) is 0 Å². The molecule has 0 fully saturated rings. The van der Waals surface area contributed by atoms with E-state index in [1.165, 1.54) is 39.0 Å². The summed E-state index contributed by atoms with van der Waals surface area (Å²) in [6.07, 6.45) is 9.08. The molecule has 0 saturated carbocycles. The molecule has 4 rings (SSSR count). The second-order valence-electron chi connectivity index (χ2n) is 7.10. The summed E-state index contributed by atoms with van der Waals surface area (Å²) in [7, 11) is 0. The van der Waals surface area contributed by atoms with Gasteiger partial charge in [-0.05, 0) is 82.5 Å². The number of allylic oxidation sites excluding steroid dienone is 4. The lowest BCUT2D eigenvalue weighted by Crippen LogP contribution is -1.94. The fourth-order valence-electron chi connectivity index (χ4n) is 3.66. The molecule has 0 aliphatic heterocycles. The highest BCUT2D eigenvalue weighted by Gasteiger charge is 2.11. The molecular formula is C27H24. The van der Waals surface area contributed by atoms with Crippen molar-refractivity contribution in [2.24, 2.45) is 0 Å². The summed E-state index contributed by atoms with van der Waals surface area (Å²) >= 11 is 0. The van der Waals surface area contributed by atoms with Crippen molar-refractivity contribution in [2.75, 3.05) is 0 Å². The first-order valence-electron chi connectivity index (χ1n) is 9.55. The molecule has 0 N–H and O–H groups in total. The van der Waals surface area contributed by atoms with Crippen LogP contribution in [0.15, 0.2) is 97.6 Å². The molecule has 0 saturated heterocycles. The van der Waals surface area contributed by atoms with Crippen LogP contribution in [-0.2, 0) is 0 Å². The molecule has 0 aromatic heterocycles. The summed E-state index contributed by atoms with van der Waals surface area (Å²) in [6.45, 7) is 6.59. The van der Waals surface area contributed by atoms with E-state index in [-0.39, 0.29) is 0 Å². The highest BCUT2D eigenvalue weighted by molar-refractivity contribution is 5.86. The average Bonchev–Trinajstić information content (AvgIpc) is 2.74. The van der Waals surface area contributed by atoms with Crippen molar-refractivity contribution in [1.29, 1.82) is 0 Å². The van der Waals surface area contributed by atoms with Gasteiger partial charge in [0.1, 0.15) is 0 Å². The Balaban J connectivity index is 1.86. The van der Waals surface area contributed by atoms with Crippen molar-refractivity contribution < 1.29 is 0 Å². The van der Waals surface area contributed by atoms with Crippen LogP contribution in [-0.4, -0.2) is 0 Å². The molecule has 0 radical (unpaired) electrons. The fourth-order valence-corrected chi connectivity index (χ4v) is 3.66. The molecule has 132 valence electrons. The van der Waals surface area contributed by atoms with Gasteiger partial charge in [0.25, 0.3) is 0 Å².